The van der Waals surface area contributed by atoms with E-state index >= 15 is 0 Å². The standard InChI is InChI=1S/C66H101N17O19/c1-10-34(6)53(65(100)73-37(9)66(101)102)83-64(99)52(33(4)5)82-58(93)42(20-21-50(87)88)75-59(94)45(26-38-16-12-11-13-17-38)78-57(92)44(23-25-68)76-56(91)43(22-24-67)77-62(97)48(31-85)80-60(95)46(27-39-28-70-41-19-15-14-18-40(39)41)79-61(96)47(30-84)74-49(86)29-71-55(90)36(8)72-63(98)51(32(2)3)81-54(89)35(7)69/h11-19,28,32-37,42-48,51-53,70,84-85H,10,20-27,29-31,67-69H2,1-9H3,(H,71,90)(H,72,98)(H,73,100)(H,74,86)(H,75,94)(H,76,91)(H,77,97)(H,78,92)(H,79,96)(H,80,95)(H,81,89)(H,82,93)(H,83,99)(H,87,88)(H,101,102)/t34-,35-,36+,37-,42-,43-,44+,45-,46+,47+,48-,51+,52-,53+/m0/s1. The number of aromatic amines is 1. The molecule has 0 saturated carbocycles. The van der Waals surface area contributed by atoms with E-state index in [0.29, 0.717) is 28.5 Å². The molecule has 564 valence electrons. The first-order valence-corrected chi connectivity index (χ1v) is 33.4. The number of H-pyrrole nitrogens is 1. The predicted octanol–water partition coefficient (Wildman–Crippen LogP) is -5.74. The Hall–Kier alpha value is -10.2. The van der Waals surface area contributed by atoms with E-state index in [4.69, 9.17) is 17.2 Å². The minimum absolute atomic E-state index is 0.256. The van der Waals surface area contributed by atoms with Gasteiger partial charge in [0.1, 0.15) is 72.5 Å². The largest absolute Gasteiger partial charge is 0.481 e. The number of aliphatic hydroxyl groups excluding tert-OH is 2. The van der Waals surface area contributed by atoms with Gasteiger partial charge in [-0.2, -0.15) is 0 Å². The molecule has 0 saturated heterocycles. The van der Waals surface area contributed by atoms with E-state index in [9.17, 15) is 92.3 Å². The number of nitrogens with one attached hydrogen (secondary N) is 14. The lowest BCUT2D eigenvalue weighted by Crippen LogP contribution is -2.62. The van der Waals surface area contributed by atoms with Gasteiger partial charge in [-0.1, -0.05) is 96.5 Å². The van der Waals surface area contributed by atoms with Gasteiger partial charge in [0.25, 0.3) is 0 Å². The molecular formula is C66H101N17O19. The first kappa shape index (κ1) is 86.1. The van der Waals surface area contributed by atoms with Crippen molar-refractivity contribution in [1.82, 2.24) is 74.1 Å². The molecule has 36 heteroatoms. The van der Waals surface area contributed by atoms with Crippen LogP contribution in [-0.2, 0) is 84.8 Å². The fourth-order valence-electron chi connectivity index (χ4n) is 10.1. The molecule has 0 unspecified atom stereocenters. The molecule has 24 N–H and O–H groups in total. The van der Waals surface area contributed by atoms with Crippen molar-refractivity contribution in [1.29, 1.82) is 0 Å². The Kier molecular flexibility index (Phi) is 36.1. The predicted molar refractivity (Wildman–Crippen MR) is 368 cm³/mol. The Balaban J connectivity index is 1.86. The van der Waals surface area contributed by atoms with Crippen LogP contribution in [0.25, 0.3) is 10.9 Å². The number of benzene rings is 2. The molecule has 102 heavy (non-hydrogen) atoms. The zero-order valence-corrected chi connectivity index (χ0v) is 58.6. The summed E-state index contributed by atoms with van der Waals surface area (Å²) >= 11 is 0. The van der Waals surface area contributed by atoms with Gasteiger partial charge in [-0.3, -0.25) is 71.9 Å². The molecule has 1 heterocycles. The van der Waals surface area contributed by atoms with Crippen molar-refractivity contribution in [2.24, 2.45) is 35.0 Å². The second kappa shape index (κ2) is 42.8. The van der Waals surface area contributed by atoms with E-state index in [-0.39, 0.29) is 38.8 Å². The van der Waals surface area contributed by atoms with Crippen molar-refractivity contribution in [3.63, 3.8) is 0 Å². The van der Waals surface area contributed by atoms with Crippen molar-refractivity contribution < 1.29 is 92.3 Å². The fraction of sp³-hybridized carbons (Fsp3) is 0.561. The number of aliphatic hydroxyl groups is 2. The van der Waals surface area contributed by atoms with Crippen molar-refractivity contribution in [3.8, 4) is 0 Å². The number of carboxylic acid groups (broad SMARTS) is 2. The first-order valence-electron chi connectivity index (χ1n) is 33.4. The normalized spacial score (nSPS) is 15.3. The third-order valence-electron chi connectivity index (χ3n) is 16.4. The van der Waals surface area contributed by atoms with E-state index in [1.807, 2.05) is 0 Å². The minimum atomic E-state index is -1.87. The van der Waals surface area contributed by atoms with Gasteiger partial charge < -0.3 is 112 Å². The molecule has 1 aromatic heterocycles. The molecule has 0 aliphatic carbocycles. The highest BCUT2D eigenvalue weighted by Gasteiger charge is 2.38. The van der Waals surface area contributed by atoms with Crippen LogP contribution in [-0.4, -0.2) is 226 Å². The van der Waals surface area contributed by atoms with Crippen LogP contribution in [0, 0.1) is 17.8 Å². The summed E-state index contributed by atoms with van der Waals surface area (Å²) in [5.74, 6) is -16.7. The van der Waals surface area contributed by atoms with Gasteiger partial charge in [0, 0.05) is 36.4 Å². The molecule has 14 atom stereocenters. The lowest BCUT2D eigenvalue weighted by Gasteiger charge is -2.30. The van der Waals surface area contributed by atoms with E-state index in [2.05, 4.69) is 74.1 Å². The van der Waals surface area contributed by atoms with Crippen LogP contribution >= 0.6 is 0 Å². The first-order chi connectivity index (χ1) is 48.1. The fourth-order valence-corrected chi connectivity index (χ4v) is 10.1. The van der Waals surface area contributed by atoms with Crippen LogP contribution in [0.4, 0.5) is 0 Å². The summed E-state index contributed by atoms with van der Waals surface area (Å²) in [7, 11) is 0. The SMILES string of the molecule is CC[C@H](C)[C@@H](NC(=O)[C@@H](NC(=O)[C@H](CCC(=O)O)NC(=O)[C@H](Cc1ccccc1)NC(=O)[C@@H](CCN)NC(=O)[C@H](CCN)NC(=O)[C@H](CO)NC(=O)[C@@H](Cc1c[nH]c2ccccc12)NC(=O)[C@@H](CO)NC(=O)CNC(=O)[C@@H](C)NC(=O)[C@H](NC(=O)[C@H](C)N)C(C)C)C(C)C)C(=O)N[C@@H](C)C(=O)O. The Labute approximate surface area is 589 Å². The number of aromatic nitrogens is 1. The molecule has 0 aliphatic rings. The highest BCUT2D eigenvalue weighted by Crippen LogP contribution is 2.20. The third-order valence-corrected chi connectivity index (χ3v) is 16.4. The molecule has 0 radical (unpaired) electrons. The van der Waals surface area contributed by atoms with Crippen molar-refractivity contribution in [2.45, 2.75) is 186 Å². The summed E-state index contributed by atoms with van der Waals surface area (Å²) in [4.78, 5) is 205. The van der Waals surface area contributed by atoms with Gasteiger partial charge >= 0.3 is 11.9 Å². The number of carboxylic acids is 2. The smallest absolute Gasteiger partial charge is 0.325 e. The van der Waals surface area contributed by atoms with E-state index in [0.717, 1.165) is 0 Å². The zero-order chi connectivity index (χ0) is 76.7. The van der Waals surface area contributed by atoms with Crippen LogP contribution in [0.2, 0.25) is 0 Å². The molecular weight excluding hydrogens is 1330 g/mol. The maximum absolute atomic E-state index is 14.5. The van der Waals surface area contributed by atoms with Crippen LogP contribution in [0.1, 0.15) is 106 Å². The van der Waals surface area contributed by atoms with Gasteiger partial charge in [0.05, 0.1) is 25.8 Å². The minimum Gasteiger partial charge on any atom is -0.481 e. The highest BCUT2D eigenvalue weighted by molar-refractivity contribution is 6.00. The van der Waals surface area contributed by atoms with E-state index in [1.165, 1.54) is 20.8 Å². The van der Waals surface area contributed by atoms with Crippen LogP contribution in [0.5, 0.6) is 0 Å². The molecule has 3 aromatic rings. The van der Waals surface area contributed by atoms with Crippen molar-refractivity contribution >= 4 is 99.6 Å². The molecule has 0 aliphatic heterocycles. The summed E-state index contributed by atoms with van der Waals surface area (Å²) in [6, 6.07) is -3.88. The quantitative estimate of drug-likeness (QED) is 0.0251. The molecule has 13 amide bonds. The number of hydrogen-bond donors (Lipinski definition) is 21. The van der Waals surface area contributed by atoms with Gasteiger partial charge in [-0.25, -0.2) is 0 Å². The van der Waals surface area contributed by atoms with E-state index < -0.39 is 218 Å². The zero-order valence-electron chi connectivity index (χ0n) is 58.6. The summed E-state index contributed by atoms with van der Waals surface area (Å²) in [6.07, 6.45) is -0.499. The van der Waals surface area contributed by atoms with Crippen LogP contribution in [0.3, 0.4) is 0 Å². The number of para-hydroxylation sites is 1. The van der Waals surface area contributed by atoms with Gasteiger partial charge in [0.15, 0.2) is 0 Å². The summed E-state index contributed by atoms with van der Waals surface area (Å²) in [5.41, 5.74) is 19.0. The van der Waals surface area contributed by atoms with Crippen LogP contribution in [0.15, 0.2) is 60.8 Å². The maximum atomic E-state index is 14.5. The number of carbonyl (C=O) groups is 15. The lowest BCUT2D eigenvalue weighted by molar-refractivity contribution is -0.142. The Bertz CT molecular complexity index is 3390. The number of amides is 13. The number of hydrogen-bond acceptors (Lipinski definition) is 20. The number of carbonyl (C=O) groups excluding carboxylic acids is 13. The van der Waals surface area contributed by atoms with Gasteiger partial charge in [-0.05, 0) is 88.1 Å². The van der Waals surface area contributed by atoms with Gasteiger partial charge in [0.2, 0.25) is 76.8 Å². The van der Waals surface area contributed by atoms with Gasteiger partial charge in [-0.15, -0.1) is 0 Å². The summed E-state index contributed by atoms with van der Waals surface area (Å²) in [5, 5.41) is 72.3. The Morgan fingerprint density at radius 1 is 0.441 bits per heavy atom. The topological polar surface area (TPSA) is 587 Å². The molecule has 3 rings (SSSR count). The molecule has 0 bridgehead atoms. The van der Waals surface area contributed by atoms with Crippen molar-refractivity contribution in [3.05, 3.63) is 71.9 Å². The second-order valence-corrected chi connectivity index (χ2v) is 25.3. The monoisotopic (exact) mass is 1440 g/mol. The average Bonchev–Trinajstić information content (AvgIpc) is 1.57. The summed E-state index contributed by atoms with van der Waals surface area (Å²) < 4.78 is 0. The van der Waals surface area contributed by atoms with Crippen LogP contribution < -0.4 is 86.3 Å². The molecule has 36 nitrogen and oxygen atoms in total. The number of fused-ring (bicyclic) bond motifs is 1. The third kappa shape index (κ3) is 27.7. The number of aliphatic carboxylic acids is 2. The number of nitrogens with two attached hydrogens (primary N) is 3. The highest BCUT2D eigenvalue weighted by atomic mass is 16.4. The maximum Gasteiger partial charge on any atom is 0.325 e. The second-order valence-electron chi connectivity index (χ2n) is 25.3. The Morgan fingerprint density at radius 2 is 0.853 bits per heavy atom. The molecule has 0 spiro atoms. The van der Waals surface area contributed by atoms with Crippen molar-refractivity contribution in [2.75, 3.05) is 32.8 Å². The molecule has 2 aromatic carbocycles. The average molecular weight is 1440 g/mol. The summed E-state index contributed by atoms with van der Waals surface area (Å²) in [6.45, 7) is 10.3. The van der Waals surface area contributed by atoms with E-state index in [1.54, 1.807) is 102 Å². The Morgan fingerprint density at radius 3 is 1.34 bits per heavy atom. The number of rotatable bonds is 44. The molecule has 0 fully saturated rings. The lowest BCUT2D eigenvalue weighted by atomic mass is 9.96.